The van der Waals surface area contributed by atoms with Gasteiger partial charge in [0.15, 0.2) is 0 Å². The molecule has 0 radical (unpaired) electrons. The van der Waals surface area contributed by atoms with Crippen LogP contribution in [0.3, 0.4) is 0 Å². The Balaban J connectivity index is 2.37. The Bertz CT molecular complexity index is 188. The molecule has 0 aromatic heterocycles. The molecule has 1 aliphatic rings. The van der Waals surface area contributed by atoms with Crippen LogP contribution in [0.2, 0.25) is 0 Å². The standard InChI is InChI=1S/C9H14O3/c10-8(6-9(11)12)5-7-3-1-2-4-7/h5,8,10H,1-4,6H2,(H,11,12). The lowest BCUT2D eigenvalue weighted by Crippen LogP contribution is -2.10. The predicted octanol–water partition coefficient (Wildman–Crippen LogP) is 1.32. The van der Waals surface area contributed by atoms with Gasteiger partial charge in [-0.25, -0.2) is 0 Å². The molecule has 1 unspecified atom stereocenters. The number of aliphatic carboxylic acids is 1. The van der Waals surface area contributed by atoms with E-state index in [1.165, 1.54) is 18.4 Å². The smallest absolute Gasteiger partial charge is 0.306 e. The van der Waals surface area contributed by atoms with E-state index < -0.39 is 12.1 Å². The Morgan fingerprint density at radius 3 is 2.58 bits per heavy atom. The second kappa shape index (κ2) is 4.26. The average Bonchev–Trinajstić information content (AvgIpc) is 2.37. The minimum atomic E-state index is -0.947. The van der Waals surface area contributed by atoms with E-state index in [-0.39, 0.29) is 6.42 Å². The Kier molecular flexibility index (Phi) is 3.29. The fourth-order valence-corrected chi connectivity index (χ4v) is 1.51. The quantitative estimate of drug-likeness (QED) is 0.628. The highest BCUT2D eigenvalue weighted by molar-refractivity contribution is 5.67. The number of carboxylic acids is 1. The average molecular weight is 170 g/mol. The Morgan fingerprint density at radius 1 is 1.50 bits per heavy atom. The molecule has 0 spiro atoms. The largest absolute Gasteiger partial charge is 0.481 e. The number of aliphatic hydroxyl groups excluding tert-OH is 1. The Morgan fingerprint density at radius 2 is 2.08 bits per heavy atom. The lowest BCUT2D eigenvalue weighted by Gasteiger charge is -2.02. The summed E-state index contributed by atoms with van der Waals surface area (Å²) in [6, 6.07) is 0. The molecule has 3 nitrogen and oxygen atoms in total. The summed E-state index contributed by atoms with van der Waals surface area (Å²) in [4.78, 5) is 10.2. The van der Waals surface area contributed by atoms with E-state index in [0.717, 1.165) is 12.8 Å². The summed E-state index contributed by atoms with van der Waals surface area (Å²) < 4.78 is 0. The summed E-state index contributed by atoms with van der Waals surface area (Å²) in [5, 5.41) is 17.6. The maximum absolute atomic E-state index is 10.2. The second-order valence-corrected chi connectivity index (χ2v) is 3.20. The first-order valence-corrected chi connectivity index (χ1v) is 4.28. The highest BCUT2D eigenvalue weighted by atomic mass is 16.4. The van der Waals surface area contributed by atoms with Crippen molar-refractivity contribution in [3.63, 3.8) is 0 Å². The van der Waals surface area contributed by atoms with Crippen molar-refractivity contribution in [3.05, 3.63) is 11.6 Å². The molecule has 1 fully saturated rings. The zero-order valence-electron chi connectivity index (χ0n) is 6.99. The molecule has 1 saturated carbocycles. The van der Waals surface area contributed by atoms with Gasteiger partial charge in [-0.05, 0) is 25.7 Å². The minimum Gasteiger partial charge on any atom is -0.481 e. The predicted molar refractivity (Wildman–Crippen MR) is 44.8 cm³/mol. The van der Waals surface area contributed by atoms with E-state index >= 15 is 0 Å². The van der Waals surface area contributed by atoms with Crippen LogP contribution in [-0.2, 0) is 4.79 Å². The van der Waals surface area contributed by atoms with Gasteiger partial charge in [0.05, 0.1) is 12.5 Å². The summed E-state index contributed by atoms with van der Waals surface area (Å²) in [7, 11) is 0. The zero-order chi connectivity index (χ0) is 8.97. The number of hydrogen-bond acceptors (Lipinski definition) is 2. The van der Waals surface area contributed by atoms with Gasteiger partial charge in [-0.2, -0.15) is 0 Å². The molecular weight excluding hydrogens is 156 g/mol. The topological polar surface area (TPSA) is 57.5 Å². The second-order valence-electron chi connectivity index (χ2n) is 3.20. The van der Waals surface area contributed by atoms with Crippen molar-refractivity contribution in [2.75, 3.05) is 0 Å². The third kappa shape index (κ3) is 3.05. The molecular formula is C9H14O3. The van der Waals surface area contributed by atoms with Crippen molar-refractivity contribution in [3.8, 4) is 0 Å². The third-order valence-corrected chi connectivity index (χ3v) is 2.06. The molecule has 68 valence electrons. The molecule has 0 aliphatic heterocycles. The first-order chi connectivity index (χ1) is 5.68. The fourth-order valence-electron chi connectivity index (χ4n) is 1.51. The summed E-state index contributed by atoms with van der Waals surface area (Å²) >= 11 is 0. The van der Waals surface area contributed by atoms with Crippen molar-refractivity contribution in [1.29, 1.82) is 0 Å². The van der Waals surface area contributed by atoms with Crippen LogP contribution in [0.5, 0.6) is 0 Å². The third-order valence-electron chi connectivity index (χ3n) is 2.06. The molecule has 1 rings (SSSR count). The summed E-state index contributed by atoms with van der Waals surface area (Å²) in [5.41, 5.74) is 1.21. The number of allylic oxidation sites excluding steroid dienone is 1. The number of aliphatic hydroxyl groups is 1. The van der Waals surface area contributed by atoms with E-state index in [2.05, 4.69) is 0 Å². The summed E-state index contributed by atoms with van der Waals surface area (Å²) in [6.45, 7) is 0. The van der Waals surface area contributed by atoms with Crippen molar-refractivity contribution in [2.24, 2.45) is 0 Å². The normalized spacial score (nSPS) is 19.2. The van der Waals surface area contributed by atoms with Crippen LogP contribution >= 0.6 is 0 Å². The Labute approximate surface area is 71.7 Å². The van der Waals surface area contributed by atoms with Crippen molar-refractivity contribution in [1.82, 2.24) is 0 Å². The highest BCUT2D eigenvalue weighted by Gasteiger charge is 2.11. The van der Waals surface area contributed by atoms with E-state index in [9.17, 15) is 9.90 Å². The van der Waals surface area contributed by atoms with Crippen molar-refractivity contribution >= 4 is 5.97 Å². The maximum atomic E-state index is 10.2. The molecule has 1 aliphatic carbocycles. The number of hydrogen-bond donors (Lipinski definition) is 2. The SMILES string of the molecule is O=C(O)CC(O)C=C1CCCC1. The van der Waals surface area contributed by atoms with Gasteiger partial charge in [0.1, 0.15) is 0 Å². The minimum absolute atomic E-state index is 0.177. The lowest BCUT2D eigenvalue weighted by atomic mass is 10.1. The molecule has 0 aromatic carbocycles. The molecule has 2 N–H and O–H groups in total. The lowest BCUT2D eigenvalue weighted by molar-refractivity contribution is -0.138. The van der Waals surface area contributed by atoms with Crippen LogP contribution < -0.4 is 0 Å². The first-order valence-electron chi connectivity index (χ1n) is 4.28. The van der Waals surface area contributed by atoms with Crippen LogP contribution in [0, 0.1) is 0 Å². The van der Waals surface area contributed by atoms with Gasteiger partial charge in [-0.3, -0.25) is 4.79 Å². The van der Waals surface area contributed by atoms with Crippen LogP contribution in [0.25, 0.3) is 0 Å². The van der Waals surface area contributed by atoms with E-state index in [1.54, 1.807) is 6.08 Å². The first kappa shape index (κ1) is 9.26. The summed E-state index contributed by atoms with van der Waals surface area (Å²) in [5.74, 6) is -0.947. The monoisotopic (exact) mass is 170 g/mol. The number of rotatable bonds is 3. The van der Waals surface area contributed by atoms with Crippen LogP contribution in [0.15, 0.2) is 11.6 Å². The molecule has 3 heteroatoms. The Hall–Kier alpha value is -0.830. The van der Waals surface area contributed by atoms with Gasteiger partial charge in [-0.15, -0.1) is 0 Å². The number of carbonyl (C=O) groups is 1. The van der Waals surface area contributed by atoms with Crippen LogP contribution in [0.1, 0.15) is 32.1 Å². The van der Waals surface area contributed by atoms with Gasteiger partial charge in [0, 0.05) is 0 Å². The maximum Gasteiger partial charge on any atom is 0.306 e. The molecule has 1 atom stereocenters. The van der Waals surface area contributed by atoms with E-state index in [1.807, 2.05) is 0 Å². The van der Waals surface area contributed by atoms with Gasteiger partial charge in [-0.1, -0.05) is 11.6 Å². The van der Waals surface area contributed by atoms with Gasteiger partial charge < -0.3 is 10.2 Å². The van der Waals surface area contributed by atoms with Gasteiger partial charge in [0.2, 0.25) is 0 Å². The molecule has 0 aromatic rings. The molecule has 0 heterocycles. The van der Waals surface area contributed by atoms with Crippen molar-refractivity contribution in [2.45, 2.75) is 38.2 Å². The van der Waals surface area contributed by atoms with E-state index in [0.29, 0.717) is 0 Å². The fraction of sp³-hybridized carbons (Fsp3) is 0.667. The molecule has 0 amide bonds. The molecule has 0 bridgehead atoms. The molecule has 12 heavy (non-hydrogen) atoms. The van der Waals surface area contributed by atoms with E-state index in [4.69, 9.17) is 5.11 Å². The summed E-state index contributed by atoms with van der Waals surface area (Å²) in [6.07, 6.45) is 5.12. The van der Waals surface area contributed by atoms with Crippen LogP contribution in [0.4, 0.5) is 0 Å². The molecule has 0 saturated heterocycles. The van der Waals surface area contributed by atoms with Crippen LogP contribution in [-0.4, -0.2) is 22.3 Å². The highest BCUT2D eigenvalue weighted by Crippen LogP contribution is 2.24. The zero-order valence-corrected chi connectivity index (χ0v) is 6.99. The number of carboxylic acid groups (broad SMARTS) is 1. The van der Waals surface area contributed by atoms with Gasteiger partial charge >= 0.3 is 5.97 Å². The van der Waals surface area contributed by atoms with Crippen molar-refractivity contribution < 1.29 is 15.0 Å². The van der Waals surface area contributed by atoms with Gasteiger partial charge in [0.25, 0.3) is 0 Å².